The molecule has 21 heavy (non-hydrogen) atoms. The van der Waals surface area contributed by atoms with Crippen LogP contribution in [0.15, 0.2) is 18.2 Å². The van der Waals surface area contributed by atoms with E-state index in [2.05, 4.69) is 10.6 Å². The number of nitrogens with two attached hydrogens (primary N) is 1. The maximum absolute atomic E-state index is 11.8. The predicted octanol–water partition coefficient (Wildman–Crippen LogP) is 2.13. The quantitative estimate of drug-likeness (QED) is 0.626. The van der Waals surface area contributed by atoms with Gasteiger partial charge in [-0.25, -0.2) is 0 Å². The van der Waals surface area contributed by atoms with Gasteiger partial charge in [0.25, 0.3) is 5.91 Å². The summed E-state index contributed by atoms with van der Waals surface area (Å²) in [6, 6.07) is 5.17. The zero-order valence-electron chi connectivity index (χ0n) is 12.6. The summed E-state index contributed by atoms with van der Waals surface area (Å²) in [6.45, 7) is 2.94. The first-order valence-corrected chi connectivity index (χ1v) is 7.68. The smallest absolute Gasteiger partial charge is 0.251 e. The third-order valence-corrected chi connectivity index (χ3v) is 4.04. The van der Waals surface area contributed by atoms with Gasteiger partial charge in [0.05, 0.1) is 17.0 Å². The second-order valence-corrected chi connectivity index (χ2v) is 5.80. The lowest BCUT2D eigenvalue weighted by molar-refractivity contribution is 0.0167. The SMILES string of the molecule is CCNC(=O)c1ccc(N)c(NCC2(O)CCCCC2)c1. The Hall–Kier alpha value is -1.75. The van der Waals surface area contributed by atoms with Gasteiger partial charge < -0.3 is 21.5 Å². The highest BCUT2D eigenvalue weighted by atomic mass is 16.3. The van der Waals surface area contributed by atoms with Gasteiger partial charge in [0, 0.05) is 18.7 Å². The maximum Gasteiger partial charge on any atom is 0.251 e. The number of anilines is 2. The van der Waals surface area contributed by atoms with Crippen molar-refractivity contribution in [1.82, 2.24) is 5.32 Å². The van der Waals surface area contributed by atoms with Crippen molar-refractivity contribution in [2.24, 2.45) is 0 Å². The third-order valence-electron chi connectivity index (χ3n) is 4.04. The summed E-state index contributed by atoms with van der Waals surface area (Å²) < 4.78 is 0. The number of carbonyl (C=O) groups excluding carboxylic acids is 1. The van der Waals surface area contributed by atoms with Gasteiger partial charge in [-0.1, -0.05) is 19.3 Å². The molecule has 0 radical (unpaired) electrons. The average molecular weight is 291 g/mol. The molecule has 1 aliphatic rings. The molecule has 5 heteroatoms. The van der Waals surface area contributed by atoms with Gasteiger partial charge in [0.15, 0.2) is 0 Å². The molecule has 0 aliphatic heterocycles. The summed E-state index contributed by atoms with van der Waals surface area (Å²) in [7, 11) is 0. The van der Waals surface area contributed by atoms with Crippen LogP contribution in [-0.4, -0.2) is 29.7 Å². The van der Waals surface area contributed by atoms with Crippen molar-refractivity contribution in [3.8, 4) is 0 Å². The number of nitrogen functional groups attached to an aromatic ring is 1. The Balaban J connectivity index is 2.05. The Labute approximate surface area is 125 Å². The first-order chi connectivity index (χ1) is 10.0. The largest absolute Gasteiger partial charge is 0.397 e. The number of rotatable bonds is 5. The van der Waals surface area contributed by atoms with E-state index in [1.54, 1.807) is 18.2 Å². The molecule has 0 saturated heterocycles. The summed E-state index contributed by atoms with van der Waals surface area (Å²) in [4.78, 5) is 11.8. The Bertz CT molecular complexity index is 496. The zero-order valence-corrected chi connectivity index (χ0v) is 12.6. The lowest BCUT2D eigenvalue weighted by atomic mass is 9.85. The summed E-state index contributed by atoms with van der Waals surface area (Å²) in [5.74, 6) is -0.114. The monoisotopic (exact) mass is 291 g/mol. The van der Waals surface area contributed by atoms with E-state index in [0.717, 1.165) is 25.7 Å². The van der Waals surface area contributed by atoms with Crippen LogP contribution in [0.5, 0.6) is 0 Å². The number of hydrogen-bond donors (Lipinski definition) is 4. The molecule has 1 aromatic carbocycles. The van der Waals surface area contributed by atoms with Crippen molar-refractivity contribution >= 4 is 17.3 Å². The standard InChI is InChI=1S/C16H25N3O2/c1-2-18-15(20)12-6-7-13(17)14(10-12)19-11-16(21)8-4-3-5-9-16/h6-7,10,19,21H,2-5,8-9,11,17H2,1H3,(H,18,20). The Morgan fingerprint density at radius 3 is 2.71 bits per heavy atom. The molecule has 0 aromatic heterocycles. The minimum absolute atomic E-state index is 0.114. The van der Waals surface area contributed by atoms with E-state index in [1.165, 1.54) is 6.42 Å². The van der Waals surface area contributed by atoms with Crippen LogP contribution in [0, 0.1) is 0 Å². The topological polar surface area (TPSA) is 87.4 Å². The zero-order chi connectivity index (χ0) is 15.3. The van der Waals surface area contributed by atoms with Gasteiger partial charge in [-0.2, -0.15) is 0 Å². The Morgan fingerprint density at radius 2 is 2.05 bits per heavy atom. The predicted molar refractivity (Wildman–Crippen MR) is 85.4 cm³/mol. The van der Waals surface area contributed by atoms with Crippen LogP contribution in [0.2, 0.25) is 0 Å². The van der Waals surface area contributed by atoms with Crippen LogP contribution in [0.4, 0.5) is 11.4 Å². The molecule has 0 unspecified atom stereocenters. The van der Waals surface area contributed by atoms with Gasteiger partial charge in [0.1, 0.15) is 0 Å². The molecule has 0 bridgehead atoms. The number of amides is 1. The van der Waals surface area contributed by atoms with E-state index in [9.17, 15) is 9.90 Å². The second-order valence-electron chi connectivity index (χ2n) is 5.80. The minimum Gasteiger partial charge on any atom is -0.397 e. The summed E-state index contributed by atoms with van der Waals surface area (Å²) in [5, 5.41) is 16.5. The van der Waals surface area contributed by atoms with Crippen LogP contribution < -0.4 is 16.4 Å². The Kier molecular flexibility index (Phi) is 5.07. The first-order valence-electron chi connectivity index (χ1n) is 7.68. The van der Waals surface area contributed by atoms with Crippen LogP contribution in [0.25, 0.3) is 0 Å². The van der Waals surface area contributed by atoms with Crippen LogP contribution >= 0.6 is 0 Å². The molecule has 5 N–H and O–H groups in total. The normalized spacial score (nSPS) is 17.2. The van der Waals surface area contributed by atoms with Crippen LogP contribution in [0.1, 0.15) is 49.4 Å². The van der Waals surface area contributed by atoms with Gasteiger partial charge in [-0.3, -0.25) is 4.79 Å². The van der Waals surface area contributed by atoms with E-state index < -0.39 is 5.60 Å². The van der Waals surface area contributed by atoms with Crippen molar-refractivity contribution in [1.29, 1.82) is 0 Å². The van der Waals surface area contributed by atoms with Gasteiger partial charge in [-0.15, -0.1) is 0 Å². The number of aliphatic hydroxyl groups is 1. The molecule has 116 valence electrons. The second kappa shape index (κ2) is 6.80. The first kappa shape index (κ1) is 15.6. The van der Waals surface area contributed by atoms with E-state index in [-0.39, 0.29) is 5.91 Å². The highest BCUT2D eigenvalue weighted by Gasteiger charge is 2.28. The molecule has 1 aliphatic carbocycles. The average Bonchev–Trinajstić information content (AvgIpc) is 2.47. The fraction of sp³-hybridized carbons (Fsp3) is 0.562. The van der Waals surface area contributed by atoms with E-state index >= 15 is 0 Å². The maximum atomic E-state index is 11.8. The summed E-state index contributed by atoms with van der Waals surface area (Å²) >= 11 is 0. The molecule has 1 amide bonds. The van der Waals surface area contributed by atoms with E-state index in [4.69, 9.17) is 5.73 Å². The number of benzene rings is 1. The molecule has 2 rings (SSSR count). The van der Waals surface area contributed by atoms with Crippen LogP contribution in [0.3, 0.4) is 0 Å². The lowest BCUT2D eigenvalue weighted by Crippen LogP contribution is -2.38. The van der Waals surface area contributed by atoms with E-state index in [0.29, 0.717) is 30.0 Å². The molecule has 1 fully saturated rings. The lowest BCUT2D eigenvalue weighted by Gasteiger charge is -2.32. The summed E-state index contributed by atoms with van der Waals surface area (Å²) in [6.07, 6.45) is 4.95. The van der Waals surface area contributed by atoms with Crippen molar-refractivity contribution in [2.75, 3.05) is 24.1 Å². The van der Waals surface area contributed by atoms with Crippen molar-refractivity contribution < 1.29 is 9.90 Å². The molecule has 0 heterocycles. The fourth-order valence-electron chi connectivity index (χ4n) is 2.76. The molecule has 1 aromatic rings. The van der Waals surface area contributed by atoms with Gasteiger partial charge in [0.2, 0.25) is 0 Å². The fourth-order valence-corrected chi connectivity index (χ4v) is 2.76. The molecular formula is C16H25N3O2. The number of carbonyl (C=O) groups is 1. The molecular weight excluding hydrogens is 266 g/mol. The molecule has 0 spiro atoms. The van der Waals surface area contributed by atoms with Crippen LogP contribution in [-0.2, 0) is 0 Å². The third kappa shape index (κ3) is 4.11. The van der Waals surface area contributed by atoms with Crippen molar-refractivity contribution in [3.05, 3.63) is 23.8 Å². The van der Waals surface area contributed by atoms with Gasteiger partial charge >= 0.3 is 0 Å². The van der Waals surface area contributed by atoms with E-state index in [1.807, 2.05) is 6.92 Å². The molecule has 0 atom stereocenters. The van der Waals surface area contributed by atoms with Gasteiger partial charge in [-0.05, 0) is 38.0 Å². The minimum atomic E-state index is -0.660. The number of nitrogens with one attached hydrogen (secondary N) is 2. The summed E-state index contributed by atoms with van der Waals surface area (Å²) in [5.41, 5.74) is 7.15. The Morgan fingerprint density at radius 1 is 1.33 bits per heavy atom. The molecule has 1 saturated carbocycles. The molecule has 5 nitrogen and oxygen atoms in total. The highest BCUT2D eigenvalue weighted by Crippen LogP contribution is 2.29. The number of hydrogen-bond acceptors (Lipinski definition) is 4. The van der Waals surface area contributed by atoms with Crippen molar-refractivity contribution in [2.45, 2.75) is 44.6 Å². The van der Waals surface area contributed by atoms with Crippen molar-refractivity contribution in [3.63, 3.8) is 0 Å². The highest BCUT2D eigenvalue weighted by molar-refractivity contribution is 5.96.